The first kappa shape index (κ1) is 14.4. The van der Waals surface area contributed by atoms with Crippen LogP contribution in [0.3, 0.4) is 0 Å². The molecule has 0 bridgehead atoms. The molecule has 2 N–H and O–H groups in total. The number of halogens is 2. The van der Waals surface area contributed by atoms with Crippen molar-refractivity contribution in [3.63, 3.8) is 0 Å². The van der Waals surface area contributed by atoms with Gasteiger partial charge < -0.3 is 10.5 Å². The zero-order chi connectivity index (χ0) is 15.0. The maximum atomic E-state index is 6.02. The summed E-state index contributed by atoms with van der Waals surface area (Å²) in [5.74, 6) is 1.49. The van der Waals surface area contributed by atoms with E-state index in [0.29, 0.717) is 11.4 Å². The van der Waals surface area contributed by atoms with Gasteiger partial charge in [0.05, 0.1) is 0 Å². The number of nitrogens with two attached hydrogens (primary N) is 1. The van der Waals surface area contributed by atoms with Gasteiger partial charge in [0.25, 0.3) is 0 Å². The van der Waals surface area contributed by atoms with Crippen LogP contribution in [-0.2, 0) is 0 Å². The minimum absolute atomic E-state index is 0.679. The van der Waals surface area contributed by atoms with Crippen molar-refractivity contribution in [2.24, 2.45) is 0 Å². The SMILES string of the molecule is Cc1cc(Br)ccc1Oc1ccc(N)c2cc(Br)cnc12. The molecule has 3 rings (SSSR count). The summed E-state index contributed by atoms with van der Waals surface area (Å²) >= 11 is 6.86. The molecule has 2 aromatic carbocycles. The Labute approximate surface area is 139 Å². The van der Waals surface area contributed by atoms with Gasteiger partial charge in [-0.05, 0) is 64.8 Å². The van der Waals surface area contributed by atoms with Crippen molar-refractivity contribution in [1.82, 2.24) is 4.98 Å². The Bertz CT molecular complexity index is 834. The number of pyridine rings is 1. The van der Waals surface area contributed by atoms with E-state index in [1.807, 2.05) is 43.3 Å². The molecule has 1 aromatic heterocycles. The van der Waals surface area contributed by atoms with Crippen LogP contribution in [0, 0.1) is 6.92 Å². The Hall–Kier alpha value is -1.59. The highest BCUT2D eigenvalue weighted by molar-refractivity contribution is 9.10. The summed E-state index contributed by atoms with van der Waals surface area (Å²) in [4.78, 5) is 4.42. The predicted octanol–water partition coefficient (Wildman–Crippen LogP) is 5.44. The van der Waals surface area contributed by atoms with Crippen LogP contribution in [0.1, 0.15) is 5.56 Å². The van der Waals surface area contributed by atoms with E-state index in [4.69, 9.17) is 10.5 Å². The fourth-order valence-corrected chi connectivity index (χ4v) is 2.92. The van der Waals surface area contributed by atoms with Crippen molar-refractivity contribution in [3.05, 3.63) is 57.1 Å². The molecule has 106 valence electrons. The fourth-order valence-electron chi connectivity index (χ4n) is 2.12. The van der Waals surface area contributed by atoms with E-state index in [1.54, 1.807) is 6.20 Å². The summed E-state index contributed by atoms with van der Waals surface area (Å²) in [6, 6.07) is 11.5. The van der Waals surface area contributed by atoms with E-state index < -0.39 is 0 Å². The van der Waals surface area contributed by atoms with Crippen molar-refractivity contribution in [2.45, 2.75) is 6.92 Å². The average Bonchev–Trinajstić information content (AvgIpc) is 2.45. The van der Waals surface area contributed by atoms with Crippen LogP contribution < -0.4 is 10.5 Å². The first-order valence-electron chi connectivity index (χ1n) is 6.32. The molecule has 5 heteroatoms. The molecule has 0 spiro atoms. The second-order valence-corrected chi connectivity index (χ2v) is 6.55. The first-order chi connectivity index (χ1) is 10.0. The van der Waals surface area contributed by atoms with Crippen LogP contribution in [0.2, 0.25) is 0 Å². The lowest BCUT2D eigenvalue weighted by Gasteiger charge is -2.12. The monoisotopic (exact) mass is 406 g/mol. The number of anilines is 1. The number of ether oxygens (including phenoxy) is 1. The van der Waals surface area contributed by atoms with Gasteiger partial charge in [-0.25, -0.2) is 0 Å². The van der Waals surface area contributed by atoms with Crippen molar-refractivity contribution in [3.8, 4) is 11.5 Å². The molecule has 0 atom stereocenters. The number of hydrogen-bond acceptors (Lipinski definition) is 3. The Kier molecular flexibility index (Phi) is 3.87. The van der Waals surface area contributed by atoms with E-state index in [0.717, 1.165) is 31.2 Å². The van der Waals surface area contributed by atoms with Gasteiger partial charge >= 0.3 is 0 Å². The zero-order valence-corrected chi connectivity index (χ0v) is 14.4. The highest BCUT2D eigenvalue weighted by Crippen LogP contribution is 2.34. The molecular weight excluding hydrogens is 396 g/mol. The van der Waals surface area contributed by atoms with E-state index in [-0.39, 0.29) is 0 Å². The minimum Gasteiger partial charge on any atom is -0.455 e. The first-order valence-corrected chi connectivity index (χ1v) is 7.91. The highest BCUT2D eigenvalue weighted by atomic mass is 79.9. The summed E-state index contributed by atoms with van der Waals surface area (Å²) in [6.07, 6.45) is 1.74. The Morgan fingerprint density at radius 1 is 1.00 bits per heavy atom. The molecule has 0 aliphatic rings. The van der Waals surface area contributed by atoms with Crippen LogP contribution in [0.15, 0.2) is 51.5 Å². The quantitative estimate of drug-likeness (QED) is 0.575. The maximum Gasteiger partial charge on any atom is 0.153 e. The highest BCUT2D eigenvalue weighted by Gasteiger charge is 2.10. The molecule has 0 fully saturated rings. The van der Waals surface area contributed by atoms with Crippen LogP contribution in [0.4, 0.5) is 5.69 Å². The van der Waals surface area contributed by atoms with Crippen LogP contribution in [0.5, 0.6) is 11.5 Å². The van der Waals surface area contributed by atoms with Gasteiger partial charge in [0.1, 0.15) is 11.3 Å². The number of hydrogen-bond donors (Lipinski definition) is 1. The Morgan fingerprint density at radius 3 is 2.52 bits per heavy atom. The van der Waals surface area contributed by atoms with E-state index in [9.17, 15) is 0 Å². The molecule has 21 heavy (non-hydrogen) atoms. The van der Waals surface area contributed by atoms with Crippen LogP contribution in [-0.4, -0.2) is 4.98 Å². The molecule has 1 heterocycles. The third-order valence-electron chi connectivity index (χ3n) is 3.17. The molecule has 0 radical (unpaired) electrons. The lowest BCUT2D eigenvalue weighted by molar-refractivity contribution is 0.483. The van der Waals surface area contributed by atoms with E-state index in [2.05, 4.69) is 36.8 Å². The third kappa shape index (κ3) is 2.89. The van der Waals surface area contributed by atoms with Gasteiger partial charge in [-0.15, -0.1) is 0 Å². The van der Waals surface area contributed by atoms with Gasteiger partial charge in [-0.2, -0.15) is 0 Å². The van der Waals surface area contributed by atoms with Gasteiger partial charge in [0.15, 0.2) is 5.75 Å². The Balaban J connectivity index is 2.11. The summed E-state index contributed by atoms with van der Waals surface area (Å²) in [6.45, 7) is 2.00. The van der Waals surface area contributed by atoms with E-state index >= 15 is 0 Å². The molecular formula is C16H12Br2N2O. The number of benzene rings is 2. The summed E-state index contributed by atoms with van der Waals surface area (Å²) in [5.41, 5.74) is 8.49. The van der Waals surface area contributed by atoms with Crippen molar-refractivity contribution >= 4 is 48.5 Å². The normalized spacial score (nSPS) is 10.8. The van der Waals surface area contributed by atoms with Crippen molar-refractivity contribution in [2.75, 3.05) is 5.73 Å². The smallest absolute Gasteiger partial charge is 0.153 e. The predicted molar refractivity (Wildman–Crippen MR) is 92.8 cm³/mol. The third-order valence-corrected chi connectivity index (χ3v) is 4.10. The topological polar surface area (TPSA) is 48.1 Å². The molecule has 0 unspecified atom stereocenters. The van der Waals surface area contributed by atoms with Crippen molar-refractivity contribution in [1.29, 1.82) is 0 Å². The second-order valence-electron chi connectivity index (χ2n) is 4.71. The van der Waals surface area contributed by atoms with Crippen LogP contribution >= 0.6 is 31.9 Å². The summed E-state index contributed by atoms with van der Waals surface area (Å²) < 4.78 is 7.93. The lowest BCUT2D eigenvalue weighted by Crippen LogP contribution is -1.94. The second kappa shape index (κ2) is 5.66. The number of aryl methyl sites for hydroxylation is 1. The molecule has 3 aromatic rings. The minimum atomic E-state index is 0.679. The van der Waals surface area contributed by atoms with Crippen LogP contribution in [0.25, 0.3) is 10.9 Å². The van der Waals surface area contributed by atoms with Crippen molar-refractivity contribution < 1.29 is 4.74 Å². The van der Waals surface area contributed by atoms with E-state index in [1.165, 1.54) is 0 Å². The fraction of sp³-hybridized carbons (Fsp3) is 0.0625. The number of nitrogens with zero attached hydrogens (tertiary/aromatic N) is 1. The summed E-state index contributed by atoms with van der Waals surface area (Å²) in [7, 11) is 0. The average molecular weight is 408 g/mol. The zero-order valence-electron chi connectivity index (χ0n) is 11.2. The maximum absolute atomic E-state index is 6.02. The van der Waals surface area contributed by atoms with Gasteiger partial charge in [0.2, 0.25) is 0 Å². The molecule has 0 aliphatic carbocycles. The van der Waals surface area contributed by atoms with Gasteiger partial charge in [-0.1, -0.05) is 15.9 Å². The number of aromatic nitrogens is 1. The Morgan fingerprint density at radius 2 is 1.76 bits per heavy atom. The molecule has 0 saturated carbocycles. The largest absolute Gasteiger partial charge is 0.455 e. The number of rotatable bonds is 2. The standard InChI is InChI=1S/C16H12Br2N2O/c1-9-6-10(17)2-4-14(9)21-15-5-3-13(19)12-7-11(18)8-20-16(12)15/h2-8H,19H2,1H3. The lowest BCUT2D eigenvalue weighted by atomic mass is 10.1. The number of fused-ring (bicyclic) bond motifs is 1. The van der Waals surface area contributed by atoms with Gasteiger partial charge in [-0.3, -0.25) is 4.98 Å². The number of nitrogen functional groups attached to an aromatic ring is 1. The summed E-state index contributed by atoms with van der Waals surface area (Å²) in [5, 5.41) is 0.872. The molecule has 3 nitrogen and oxygen atoms in total. The van der Waals surface area contributed by atoms with Gasteiger partial charge in [0, 0.05) is 26.2 Å². The molecule has 0 aliphatic heterocycles. The molecule has 0 saturated heterocycles. The molecule has 0 amide bonds.